The van der Waals surface area contributed by atoms with Crippen molar-refractivity contribution in [2.75, 3.05) is 10.6 Å². The molecule has 7 nitrogen and oxygen atoms in total. The third kappa shape index (κ3) is 4.51. The number of carbonyl (C=O) groups excluding carboxylic acids is 1. The normalized spacial score (nSPS) is 12.5. The molecule has 3 aromatic rings. The summed E-state index contributed by atoms with van der Waals surface area (Å²) in [4.78, 5) is 24.1. The molecule has 0 saturated carbocycles. The first-order valence-electron chi connectivity index (χ1n) is 9.60. The molecule has 0 aromatic heterocycles. The Balaban J connectivity index is 1.65. The molecule has 1 aliphatic heterocycles. The van der Waals surface area contributed by atoms with Gasteiger partial charge in [-0.1, -0.05) is 23.8 Å². The van der Waals surface area contributed by atoms with E-state index in [2.05, 4.69) is 10.6 Å². The molecular weight excluding hydrogens is 396 g/mol. The first-order valence-corrected chi connectivity index (χ1v) is 9.60. The summed E-state index contributed by atoms with van der Waals surface area (Å²) in [5.74, 6) is -0.645. The standard InChI is InChI=1S/C24H20N2O5/c1-14-2-7-17(8-3-14)25-22(28)20-12-16-6-11-19(27)13-21(16)31-23(20)26-18-9-4-15(5-10-18)24(29)30/h2-11,13,26-27H,12H2,1H3,(H,25,28)(H,29,30). The van der Waals surface area contributed by atoms with Crippen LogP contribution < -0.4 is 15.4 Å². The summed E-state index contributed by atoms with van der Waals surface area (Å²) in [5.41, 5.74) is 3.59. The molecule has 0 unspecified atom stereocenters. The van der Waals surface area contributed by atoms with Crippen molar-refractivity contribution in [3.63, 3.8) is 0 Å². The van der Waals surface area contributed by atoms with Gasteiger partial charge in [0.15, 0.2) is 0 Å². The number of hydrogen-bond donors (Lipinski definition) is 4. The average molecular weight is 416 g/mol. The molecule has 1 aliphatic rings. The van der Waals surface area contributed by atoms with Crippen molar-refractivity contribution in [1.29, 1.82) is 0 Å². The van der Waals surface area contributed by atoms with Gasteiger partial charge >= 0.3 is 5.97 Å². The number of amides is 1. The number of anilines is 2. The molecule has 0 fully saturated rings. The maximum absolute atomic E-state index is 13.1. The third-order valence-electron chi connectivity index (χ3n) is 4.88. The molecule has 0 aliphatic carbocycles. The van der Waals surface area contributed by atoms with Crippen molar-refractivity contribution >= 4 is 23.3 Å². The molecule has 7 heteroatoms. The van der Waals surface area contributed by atoms with E-state index in [-0.39, 0.29) is 23.1 Å². The summed E-state index contributed by atoms with van der Waals surface area (Å²) in [6.45, 7) is 1.97. The van der Waals surface area contributed by atoms with Crippen molar-refractivity contribution < 1.29 is 24.5 Å². The lowest BCUT2D eigenvalue weighted by Crippen LogP contribution is -2.25. The number of carbonyl (C=O) groups is 2. The van der Waals surface area contributed by atoms with E-state index in [9.17, 15) is 14.7 Å². The minimum absolute atomic E-state index is 0.0523. The quantitative estimate of drug-likeness (QED) is 0.494. The maximum Gasteiger partial charge on any atom is 0.335 e. The fourth-order valence-corrected chi connectivity index (χ4v) is 3.18. The number of fused-ring (bicyclic) bond motifs is 1. The Kier molecular flexibility index (Phi) is 5.32. The zero-order valence-electron chi connectivity index (χ0n) is 16.7. The largest absolute Gasteiger partial charge is 0.508 e. The van der Waals surface area contributed by atoms with Crippen LogP contribution in [0.1, 0.15) is 21.5 Å². The Morgan fingerprint density at radius 1 is 0.935 bits per heavy atom. The topological polar surface area (TPSA) is 108 Å². The zero-order chi connectivity index (χ0) is 22.0. The van der Waals surface area contributed by atoms with Crippen LogP contribution in [-0.2, 0) is 11.2 Å². The third-order valence-corrected chi connectivity index (χ3v) is 4.88. The highest BCUT2D eigenvalue weighted by atomic mass is 16.5. The zero-order valence-corrected chi connectivity index (χ0v) is 16.7. The van der Waals surface area contributed by atoms with Crippen molar-refractivity contribution in [2.24, 2.45) is 0 Å². The summed E-state index contributed by atoms with van der Waals surface area (Å²) in [7, 11) is 0. The van der Waals surface area contributed by atoms with Crippen molar-refractivity contribution in [1.82, 2.24) is 0 Å². The lowest BCUT2D eigenvalue weighted by atomic mass is 10.0. The number of phenols is 1. The molecule has 0 radical (unpaired) electrons. The molecule has 3 aromatic carbocycles. The second kappa shape index (κ2) is 8.23. The maximum atomic E-state index is 13.1. The number of carboxylic acid groups (broad SMARTS) is 1. The fraction of sp³-hybridized carbons (Fsp3) is 0.0833. The molecule has 156 valence electrons. The number of phenolic OH excluding ortho intramolecular Hbond substituents is 1. The van der Waals surface area contributed by atoms with E-state index in [0.717, 1.165) is 11.1 Å². The van der Waals surface area contributed by atoms with E-state index in [1.54, 1.807) is 24.3 Å². The van der Waals surface area contributed by atoms with Crippen LogP contribution in [0.15, 0.2) is 78.2 Å². The van der Waals surface area contributed by atoms with E-state index in [4.69, 9.17) is 9.84 Å². The van der Waals surface area contributed by atoms with Crippen LogP contribution in [0.25, 0.3) is 0 Å². The van der Waals surface area contributed by atoms with Gasteiger partial charge in [0, 0.05) is 23.9 Å². The lowest BCUT2D eigenvalue weighted by molar-refractivity contribution is -0.113. The van der Waals surface area contributed by atoms with Crippen molar-refractivity contribution in [2.45, 2.75) is 13.3 Å². The first kappa shape index (κ1) is 20.0. The fourth-order valence-electron chi connectivity index (χ4n) is 3.18. The van der Waals surface area contributed by atoms with Gasteiger partial charge in [-0.2, -0.15) is 0 Å². The molecule has 1 heterocycles. The van der Waals surface area contributed by atoms with Gasteiger partial charge in [0.1, 0.15) is 11.5 Å². The van der Waals surface area contributed by atoms with Crippen LogP contribution in [-0.4, -0.2) is 22.1 Å². The van der Waals surface area contributed by atoms with Crippen LogP contribution in [0, 0.1) is 6.92 Å². The lowest BCUT2D eigenvalue weighted by Gasteiger charge is -2.24. The SMILES string of the molecule is Cc1ccc(NC(=O)C2=C(Nc3ccc(C(=O)O)cc3)Oc3cc(O)ccc3C2)cc1. The van der Waals surface area contributed by atoms with Crippen molar-refractivity contribution in [3.05, 3.63) is 94.9 Å². The summed E-state index contributed by atoms with van der Waals surface area (Å²) >= 11 is 0. The number of aromatic hydroxyl groups is 1. The summed E-state index contributed by atoms with van der Waals surface area (Å²) in [6.07, 6.45) is 0.294. The predicted molar refractivity (Wildman–Crippen MR) is 116 cm³/mol. The number of aromatic carboxylic acids is 1. The monoisotopic (exact) mass is 416 g/mol. The van der Waals surface area contributed by atoms with Gasteiger partial charge in [0.2, 0.25) is 5.88 Å². The van der Waals surface area contributed by atoms with E-state index < -0.39 is 5.97 Å². The highest BCUT2D eigenvalue weighted by Gasteiger charge is 2.26. The van der Waals surface area contributed by atoms with E-state index >= 15 is 0 Å². The Hall–Kier alpha value is -4.26. The Morgan fingerprint density at radius 3 is 2.29 bits per heavy atom. The van der Waals surface area contributed by atoms with E-state index in [0.29, 0.717) is 29.1 Å². The Morgan fingerprint density at radius 2 is 1.61 bits per heavy atom. The average Bonchev–Trinajstić information content (AvgIpc) is 2.75. The van der Waals surface area contributed by atoms with Crippen molar-refractivity contribution in [3.8, 4) is 11.5 Å². The van der Waals surface area contributed by atoms with Gasteiger partial charge < -0.3 is 25.6 Å². The molecular formula is C24H20N2O5. The van der Waals surface area contributed by atoms with Gasteiger partial charge in [-0.3, -0.25) is 4.79 Å². The van der Waals surface area contributed by atoms with Gasteiger partial charge in [0.05, 0.1) is 11.1 Å². The summed E-state index contributed by atoms with van der Waals surface area (Å²) in [5, 5.41) is 24.8. The Bertz CT molecular complexity index is 1180. The number of nitrogens with one attached hydrogen (secondary N) is 2. The molecule has 0 saturated heterocycles. The summed E-state index contributed by atoms with van der Waals surface area (Å²) in [6, 6.07) is 18.3. The van der Waals surface area contributed by atoms with Gasteiger partial charge in [0.25, 0.3) is 5.91 Å². The smallest absolute Gasteiger partial charge is 0.335 e. The highest BCUT2D eigenvalue weighted by molar-refractivity contribution is 6.05. The van der Waals surface area contributed by atoms with Crippen LogP contribution in [0.2, 0.25) is 0 Å². The molecule has 0 bridgehead atoms. The Labute approximate surface area is 178 Å². The first-order chi connectivity index (χ1) is 14.9. The molecule has 4 rings (SSSR count). The van der Waals surface area contributed by atoms with Crippen LogP contribution in [0.4, 0.5) is 11.4 Å². The number of aryl methyl sites for hydroxylation is 1. The van der Waals surface area contributed by atoms with Gasteiger partial charge in [-0.25, -0.2) is 4.79 Å². The summed E-state index contributed by atoms with van der Waals surface area (Å²) < 4.78 is 5.92. The second-order valence-electron chi connectivity index (χ2n) is 7.21. The second-order valence-corrected chi connectivity index (χ2v) is 7.21. The number of rotatable bonds is 5. The number of carboxylic acids is 1. The molecule has 31 heavy (non-hydrogen) atoms. The van der Waals surface area contributed by atoms with Crippen LogP contribution in [0.5, 0.6) is 11.5 Å². The van der Waals surface area contributed by atoms with Gasteiger partial charge in [-0.05, 0) is 55.0 Å². The highest BCUT2D eigenvalue weighted by Crippen LogP contribution is 2.34. The molecule has 0 spiro atoms. The molecule has 0 atom stereocenters. The van der Waals surface area contributed by atoms with E-state index in [1.165, 1.54) is 18.2 Å². The van der Waals surface area contributed by atoms with Gasteiger partial charge in [-0.15, -0.1) is 0 Å². The van der Waals surface area contributed by atoms with Crippen LogP contribution >= 0.6 is 0 Å². The number of hydrogen-bond acceptors (Lipinski definition) is 5. The number of benzene rings is 3. The minimum Gasteiger partial charge on any atom is -0.508 e. The number of ether oxygens (including phenoxy) is 1. The van der Waals surface area contributed by atoms with Crippen LogP contribution in [0.3, 0.4) is 0 Å². The minimum atomic E-state index is -1.03. The van der Waals surface area contributed by atoms with E-state index in [1.807, 2.05) is 31.2 Å². The predicted octanol–water partition coefficient (Wildman–Crippen LogP) is 4.30. The molecule has 1 amide bonds. The molecule has 4 N–H and O–H groups in total.